The molecule has 1 aliphatic rings. The lowest BCUT2D eigenvalue weighted by molar-refractivity contribution is -0.130. The van der Waals surface area contributed by atoms with Crippen molar-refractivity contribution in [3.05, 3.63) is 87.3 Å². The number of fused-ring (bicyclic) bond motifs is 1. The number of carbonyl (C=O) groups excluding carboxylic acids is 3. The Morgan fingerprint density at radius 3 is 2.26 bits per heavy atom. The predicted octanol–water partition coefficient (Wildman–Crippen LogP) is 5.17. The van der Waals surface area contributed by atoms with Gasteiger partial charge >= 0.3 is 5.69 Å². The number of imidazole rings is 1. The Bertz CT molecular complexity index is 1740. The second-order valence-electron chi connectivity index (χ2n) is 12.1. The van der Waals surface area contributed by atoms with E-state index in [1.807, 2.05) is 44.2 Å². The molecule has 1 atom stereocenters. The molecule has 5 rings (SSSR count). The van der Waals surface area contributed by atoms with E-state index in [2.05, 4.69) is 25.9 Å². The zero-order valence-electron chi connectivity index (χ0n) is 25.8. The SMILES string of the molecule is CC(C)NC(=O)c1ccc(-c2ccc(C[C@H](NC(=O)C3CCC(CN)CC3)C(=O)Nc3ccc4[nH]c(=O)[nH]c4c3)cc2)c(Cl)c1.Cl. The number of aromatic amines is 2. The van der Waals surface area contributed by atoms with Gasteiger partial charge in [-0.15, -0.1) is 12.4 Å². The van der Waals surface area contributed by atoms with Gasteiger partial charge in [-0.1, -0.05) is 41.9 Å². The highest BCUT2D eigenvalue weighted by Gasteiger charge is 2.29. The maximum Gasteiger partial charge on any atom is 0.323 e. The normalized spacial score (nSPS) is 16.8. The highest BCUT2D eigenvalue weighted by atomic mass is 35.5. The minimum absolute atomic E-state index is 0. The Hall–Kier alpha value is -4.12. The minimum atomic E-state index is -0.834. The van der Waals surface area contributed by atoms with Crippen molar-refractivity contribution in [1.82, 2.24) is 20.6 Å². The molecule has 7 N–H and O–H groups in total. The molecule has 0 bridgehead atoms. The summed E-state index contributed by atoms with van der Waals surface area (Å²) in [5, 5.41) is 9.23. The number of H-pyrrole nitrogens is 2. The average Bonchev–Trinajstić information content (AvgIpc) is 3.40. The average molecular weight is 668 g/mol. The van der Waals surface area contributed by atoms with Crippen molar-refractivity contribution in [3.63, 3.8) is 0 Å². The quantitative estimate of drug-likeness (QED) is 0.137. The Morgan fingerprint density at radius 2 is 1.61 bits per heavy atom. The first-order chi connectivity index (χ1) is 21.6. The number of aromatic nitrogens is 2. The fourth-order valence-corrected chi connectivity index (χ4v) is 6.08. The monoisotopic (exact) mass is 666 g/mol. The van der Waals surface area contributed by atoms with Crippen LogP contribution in [0.5, 0.6) is 0 Å². The van der Waals surface area contributed by atoms with E-state index in [-0.39, 0.29) is 54.2 Å². The third-order valence-corrected chi connectivity index (χ3v) is 8.64. The zero-order valence-corrected chi connectivity index (χ0v) is 27.4. The van der Waals surface area contributed by atoms with Crippen LogP contribution in [0.3, 0.4) is 0 Å². The van der Waals surface area contributed by atoms with Gasteiger partial charge in [0.2, 0.25) is 11.8 Å². The van der Waals surface area contributed by atoms with E-state index in [4.69, 9.17) is 17.3 Å². The molecule has 0 saturated heterocycles. The maximum atomic E-state index is 13.6. The van der Waals surface area contributed by atoms with Crippen LogP contribution in [0.2, 0.25) is 5.02 Å². The molecule has 244 valence electrons. The summed E-state index contributed by atoms with van der Waals surface area (Å²) in [6, 6.07) is 17.1. The standard InChI is InChI=1S/C34H39ClN6O4.ClH/c1-19(2)37-32(43)24-11-13-26(27(35)16-24)22-7-3-20(4-8-22)15-30(39-31(42)23-9-5-21(18-36)6-10-23)33(44)38-25-12-14-28-29(17-25)41-34(45)40-28;/h3-4,7-8,11-14,16-17,19,21,23,30H,5-6,9-10,15,18,36H2,1-2H3,(H,37,43)(H,38,44)(H,39,42)(H2,40,41,45);1H/t21?,23?,30-;/m0./s1. The second kappa shape index (κ2) is 15.4. The third-order valence-electron chi connectivity index (χ3n) is 8.32. The number of anilines is 1. The molecule has 0 spiro atoms. The summed E-state index contributed by atoms with van der Waals surface area (Å²) < 4.78 is 0. The lowest BCUT2D eigenvalue weighted by atomic mass is 9.81. The van der Waals surface area contributed by atoms with Crippen LogP contribution in [-0.4, -0.2) is 46.3 Å². The first-order valence-electron chi connectivity index (χ1n) is 15.3. The van der Waals surface area contributed by atoms with Crippen LogP contribution in [-0.2, 0) is 16.0 Å². The van der Waals surface area contributed by atoms with Gasteiger partial charge in [0.05, 0.1) is 11.0 Å². The highest BCUT2D eigenvalue weighted by molar-refractivity contribution is 6.33. The predicted molar refractivity (Wildman–Crippen MR) is 184 cm³/mol. The number of amides is 3. The Balaban J connectivity index is 0.00000480. The molecule has 1 fully saturated rings. The topological polar surface area (TPSA) is 162 Å². The molecule has 3 aromatic carbocycles. The van der Waals surface area contributed by atoms with Crippen molar-refractivity contribution in [3.8, 4) is 11.1 Å². The fraction of sp³-hybridized carbons (Fsp3) is 0.353. The summed E-state index contributed by atoms with van der Waals surface area (Å²) in [6.45, 7) is 4.41. The molecular formula is C34H40Cl2N6O4. The highest BCUT2D eigenvalue weighted by Crippen LogP contribution is 2.30. The summed E-state index contributed by atoms with van der Waals surface area (Å²) in [7, 11) is 0. The fourth-order valence-electron chi connectivity index (χ4n) is 5.79. The largest absolute Gasteiger partial charge is 0.350 e. The molecule has 1 aliphatic carbocycles. The van der Waals surface area contributed by atoms with E-state index in [0.717, 1.165) is 42.4 Å². The summed E-state index contributed by atoms with van der Waals surface area (Å²) in [5.74, 6) is -0.420. The van der Waals surface area contributed by atoms with Gasteiger partial charge in [-0.05, 0) is 93.5 Å². The first-order valence-corrected chi connectivity index (χ1v) is 15.7. The van der Waals surface area contributed by atoms with E-state index >= 15 is 0 Å². The molecule has 1 saturated carbocycles. The molecule has 46 heavy (non-hydrogen) atoms. The summed E-state index contributed by atoms with van der Waals surface area (Å²) in [5.41, 5.74) is 10.2. The van der Waals surface area contributed by atoms with Crippen LogP contribution < -0.4 is 27.4 Å². The van der Waals surface area contributed by atoms with Crippen molar-refractivity contribution in [1.29, 1.82) is 0 Å². The van der Waals surface area contributed by atoms with Gasteiger partial charge in [-0.2, -0.15) is 0 Å². The summed E-state index contributed by atoms with van der Waals surface area (Å²) >= 11 is 6.57. The van der Waals surface area contributed by atoms with Gasteiger partial charge in [-0.25, -0.2) is 4.79 Å². The smallest absolute Gasteiger partial charge is 0.323 e. The minimum Gasteiger partial charge on any atom is -0.350 e. The van der Waals surface area contributed by atoms with Gasteiger partial charge in [0, 0.05) is 40.2 Å². The van der Waals surface area contributed by atoms with Crippen molar-refractivity contribution >= 4 is 58.5 Å². The van der Waals surface area contributed by atoms with Crippen molar-refractivity contribution in [2.75, 3.05) is 11.9 Å². The van der Waals surface area contributed by atoms with Gasteiger partial charge in [0.25, 0.3) is 5.91 Å². The van der Waals surface area contributed by atoms with Crippen LogP contribution >= 0.6 is 24.0 Å². The van der Waals surface area contributed by atoms with E-state index in [9.17, 15) is 19.2 Å². The van der Waals surface area contributed by atoms with Crippen LogP contribution in [0.25, 0.3) is 22.2 Å². The molecule has 12 heteroatoms. The Morgan fingerprint density at radius 1 is 0.913 bits per heavy atom. The van der Waals surface area contributed by atoms with Crippen LogP contribution in [0.1, 0.15) is 55.5 Å². The first kappa shape index (κ1) is 34.7. The van der Waals surface area contributed by atoms with Gasteiger partial charge in [-0.3, -0.25) is 14.4 Å². The number of rotatable bonds is 10. The lowest BCUT2D eigenvalue weighted by Gasteiger charge is -2.28. The van der Waals surface area contributed by atoms with E-state index < -0.39 is 6.04 Å². The molecule has 0 radical (unpaired) electrons. The molecule has 4 aromatic rings. The summed E-state index contributed by atoms with van der Waals surface area (Å²) in [4.78, 5) is 56.4. The number of carbonyl (C=O) groups is 3. The van der Waals surface area contributed by atoms with Crippen molar-refractivity contribution in [2.45, 2.75) is 58.0 Å². The van der Waals surface area contributed by atoms with Crippen molar-refractivity contribution < 1.29 is 14.4 Å². The number of halogens is 2. The molecule has 0 aliphatic heterocycles. The zero-order chi connectivity index (χ0) is 32.1. The van der Waals surface area contributed by atoms with Gasteiger partial charge in [0.1, 0.15) is 6.04 Å². The van der Waals surface area contributed by atoms with E-state index in [0.29, 0.717) is 39.8 Å². The Labute approximate surface area is 278 Å². The van der Waals surface area contributed by atoms with Gasteiger partial charge in [0.15, 0.2) is 0 Å². The summed E-state index contributed by atoms with van der Waals surface area (Å²) in [6.07, 6.45) is 3.54. The third kappa shape index (κ3) is 8.57. The van der Waals surface area contributed by atoms with Gasteiger partial charge < -0.3 is 31.7 Å². The number of nitrogens with one attached hydrogen (secondary N) is 5. The number of hydrogen-bond donors (Lipinski definition) is 6. The van der Waals surface area contributed by atoms with Crippen LogP contribution in [0.4, 0.5) is 5.69 Å². The number of hydrogen-bond acceptors (Lipinski definition) is 5. The van der Waals surface area contributed by atoms with Crippen molar-refractivity contribution in [2.24, 2.45) is 17.6 Å². The molecule has 3 amide bonds. The number of nitrogens with two attached hydrogens (primary N) is 1. The van der Waals surface area contributed by atoms with Crippen LogP contribution in [0, 0.1) is 11.8 Å². The molecule has 10 nitrogen and oxygen atoms in total. The maximum absolute atomic E-state index is 13.6. The molecule has 1 aromatic heterocycles. The van der Waals surface area contributed by atoms with E-state index in [1.54, 1.807) is 30.3 Å². The molecule has 0 unspecified atom stereocenters. The molecular weight excluding hydrogens is 627 g/mol. The molecule has 1 heterocycles. The second-order valence-corrected chi connectivity index (χ2v) is 12.5. The lowest BCUT2D eigenvalue weighted by Crippen LogP contribution is -2.48. The number of benzene rings is 3. The van der Waals surface area contributed by atoms with Crippen LogP contribution in [0.15, 0.2) is 65.5 Å². The van der Waals surface area contributed by atoms with E-state index in [1.165, 1.54) is 0 Å². The Kier molecular flexibility index (Phi) is 11.7.